The molecule has 1 aromatic heterocycles. The van der Waals surface area contributed by atoms with Crippen molar-refractivity contribution >= 4 is 5.91 Å². The average Bonchev–Trinajstić information content (AvgIpc) is 2.96. The number of rotatable bonds is 4. The number of aryl methyl sites for hydroxylation is 1. The number of hydrogen-bond acceptors (Lipinski definition) is 3. The first-order chi connectivity index (χ1) is 9.83. The summed E-state index contributed by atoms with van der Waals surface area (Å²) >= 11 is 0. The van der Waals surface area contributed by atoms with Crippen LogP contribution in [0.25, 0.3) is 0 Å². The monoisotopic (exact) mass is 277 g/mol. The summed E-state index contributed by atoms with van der Waals surface area (Å²) in [5.74, 6) is 1.02. The molecule has 0 bridgehead atoms. The van der Waals surface area contributed by atoms with Gasteiger partial charge in [-0.25, -0.2) is 0 Å². The molecule has 0 unspecified atom stereocenters. The predicted molar refractivity (Wildman–Crippen MR) is 75.4 cm³/mol. The van der Waals surface area contributed by atoms with Gasteiger partial charge in [0.25, 0.3) is 0 Å². The number of ether oxygens (including phenoxy) is 1. The Hall–Kier alpha value is -1.29. The Morgan fingerprint density at radius 3 is 2.95 bits per heavy atom. The van der Waals surface area contributed by atoms with Crippen LogP contribution in [0.15, 0.2) is 16.7 Å². The largest absolute Gasteiger partial charge is 0.469 e. The number of carbonyl (C=O) groups is 1. The van der Waals surface area contributed by atoms with Crippen LogP contribution in [-0.2, 0) is 16.0 Å². The van der Waals surface area contributed by atoms with Crippen LogP contribution in [0, 0.1) is 0 Å². The lowest BCUT2D eigenvalue weighted by atomic mass is 9.93. The smallest absolute Gasteiger partial charge is 0.246 e. The zero-order chi connectivity index (χ0) is 13.8. The lowest BCUT2D eigenvalue weighted by molar-refractivity contribution is -0.129. The Bertz CT molecular complexity index is 448. The van der Waals surface area contributed by atoms with Crippen molar-refractivity contribution in [3.63, 3.8) is 0 Å². The van der Waals surface area contributed by atoms with Gasteiger partial charge in [0.1, 0.15) is 12.4 Å². The molecule has 0 radical (unpaired) electrons. The van der Waals surface area contributed by atoms with Crippen molar-refractivity contribution < 1.29 is 13.9 Å². The van der Waals surface area contributed by atoms with Crippen molar-refractivity contribution in [2.75, 3.05) is 6.61 Å². The van der Waals surface area contributed by atoms with Gasteiger partial charge in [0.2, 0.25) is 5.91 Å². The third-order valence-electron chi connectivity index (χ3n) is 4.39. The molecule has 1 atom stereocenters. The molecule has 1 amide bonds. The minimum atomic E-state index is -0.00498. The van der Waals surface area contributed by atoms with Crippen molar-refractivity contribution in [1.82, 2.24) is 5.32 Å². The van der Waals surface area contributed by atoms with Gasteiger partial charge in [0.05, 0.1) is 18.4 Å². The molecule has 1 saturated carbocycles. The van der Waals surface area contributed by atoms with E-state index in [9.17, 15) is 4.79 Å². The zero-order valence-corrected chi connectivity index (χ0v) is 11.9. The van der Waals surface area contributed by atoms with Crippen LogP contribution in [0.2, 0.25) is 0 Å². The van der Waals surface area contributed by atoms with Gasteiger partial charge in [0.15, 0.2) is 0 Å². The van der Waals surface area contributed by atoms with E-state index < -0.39 is 0 Å². The van der Waals surface area contributed by atoms with Crippen molar-refractivity contribution in [2.45, 2.75) is 63.5 Å². The maximum absolute atomic E-state index is 12.0. The summed E-state index contributed by atoms with van der Waals surface area (Å²) in [5, 5.41) is 3.08. The van der Waals surface area contributed by atoms with E-state index in [-0.39, 0.29) is 24.7 Å². The third kappa shape index (κ3) is 3.23. The zero-order valence-electron chi connectivity index (χ0n) is 11.9. The van der Waals surface area contributed by atoms with Crippen molar-refractivity contribution in [2.24, 2.45) is 0 Å². The fourth-order valence-electron chi connectivity index (χ4n) is 3.30. The molecule has 0 spiro atoms. The number of fused-ring (bicyclic) bond motifs is 1. The SMILES string of the molecule is O=C(COC1CCCCC1)N[C@@H]1CCCc2occc21. The molecule has 1 aromatic rings. The molecule has 2 aliphatic carbocycles. The van der Waals surface area contributed by atoms with E-state index in [0.717, 1.165) is 43.4 Å². The van der Waals surface area contributed by atoms with Gasteiger partial charge in [-0.3, -0.25) is 4.79 Å². The van der Waals surface area contributed by atoms with Crippen LogP contribution in [0.4, 0.5) is 0 Å². The van der Waals surface area contributed by atoms with E-state index in [1.54, 1.807) is 6.26 Å². The summed E-state index contributed by atoms with van der Waals surface area (Å²) < 4.78 is 11.2. The molecule has 110 valence electrons. The Balaban J connectivity index is 1.47. The molecule has 0 saturated heterocycles. The van der Waals surface area contributed by atoms with Crippen molar-refractivity contribution in [3.8, 4) is 0 Å². The summed E-state index contributed by atoms with van der Waals surface area (Å²) in [5.41, 5.74) is 1.14. The highest BCUT2D eigenvalue weighted by Gasteiger charge is 2.24. The summed E-state index contributed by atoms with van der Waals surface area (Å²) in [4.78, 5) is 12.0. The first-order valence-electron chi connectivity index (χ1n) is 7.80. The van der Waals surface area contributed by atoms with Gasteiger partial charge in [-0.05, 0) is 31.7 Å². The Morgan fingerprint density at radius 1 is 1.25 bits per heavy atom. The summed E-state index contributed by atoms with van der Waals surface area (Å²) in [6.45, 7) is 0.189. The first kappa shape index (κ1) is 13.7. The van der Waals surface area contributed by atoms with Crippen molar-refractivity contribution in [3.05, 3.63) is 23.7 Å². The number of nitrogens with one attached hydrogen (secondary N) is 1. The molecule has 4 nitrogen and oxygen atoms in total. The topological polar surface area (TPSA) is 51.5 Å². The second-order valence-corrected chi connectivity index (χ2v) is 5.88. The van der Waals surface area contributed by atoms with Crippen LogP contribution in [-0.4, -0.2) is 18.6 Å². The minimum absolute atomic E-state index is 0.00498. The molecule has 0 aliphatic heterocycles. The fraction of sp³-hybridized carbons (Fsp3) is 0.688. The molecule has 1 N–H and O–H groups in total. The first-order valence-corrected chi connectivity index (χ1v) is 7.80. The fourth-order valence-corrected chi connectivity index (χ4v) is 3.30. The van der Waals surface area contributed by atoms with E-state index in [1.807, 2.05) is 6.07 Å². The molecule has 2 aliphatic rings. The molecule has 1 heterocycles. The molecule has 20 heavy (non-hydrogen) atoms. The molecule has 1 fully saturated rings. The van der Waals surface area contributed by atoms with Gasteiger partial charge in [-0.15, -0.1) is 0 Å². The summed E-state index contributed by atoms with van der Waals surface area (Å²) in [7, 11) is 0. The van der Waals surface area contributed by atoms with Crippen LogP contribution in [0.5, 0.6) is 0 Å². The number of hydrogen-bond donors (Lipinski definition) is 1. The van der Waals surface area contributed by atoms with Gasteiger partial charge in [0, 0.05) is 12.0 Å². The highest BCUT2D eigenvalue weighted by molar-refractivity contribution is 5.77. The number of amides is 1. The van der Waals surface area contributed by atoms with E-state index in [1.165, 1.54) is 19.3 Å². The Kier molecular flexibility index (Phi) is 4.41. The van der Waals surface area contributed by atoms with Gasteiger partial charge in [-0.1, -0.05) is 19.3 Å². The lowest BCUT2D eigenvalue weighted by Gasteiger charge is -2.24. The maximum atomic E-state index is 12.0. The van der Waals surface area contributed by atoms with Crippen LogP contribution in [0.3, 0.4) is 0 Å². The van der Waals surface area contributed by atoms with Crippen molar-refractivity contribution in [1.29, 1.82) is 0 Å². The van der Waals surface area contributed by atoms with Crippen LogP contribution >= 0.6 is 0 Å². The average molecular weight is 277 g/mol. The highest BCUT2D eigenvalue weighted by Crippen LogP contribution is 2.30. The maximum Gasteiger partial charge on any atom is 0.246 e. The summed E-state index contributed by atoms with van der Waals surface area (Å²) in [6, 6.07) is 2.07. The molecular weight excluding hydrogens is 254 g/mol. The third-order valence-corrected chi connectivity index (χ3v) is 4.39. The molecular formula is C16H23NO3. The van der Waals surface area contributed by atoms with Crippen LogP contribution in [0.1, 0.15) is 62.3 Å². The standard InChI is InChI=1S/C16H23NO3/c18-16(11-20-12-5-2-1-3-6-12)17-14-7-4-8-15-13(14)9-10-19-15/h9-10,12,14H,1-8,11H2,(H,17,18)/t14-/m1/s1. The quantitative estimate of drug-likeness (QED) is 0.920. The second kappa shape index (κ2) is 6.44. The molecule has 4 heteroatoms. The lowest BCUT2D eigenvalue weighted by Crippen LogP contribution is -2.34. The van der Waals surface area contributed by atoms with E-state index >= 15 is 0 Å². The van der Waals surface area contributed by atoms with Gasteiger partial charge >= 0.3 is 0 Å². The summed E-state index contributed by atoms with van der Waals surface area (Å²) in [6.07, 6.45) is 11.0. The molecule has 0 aromatic carbocycles. The normalized spacial score (nSPS) is 23.3. The molecule has 3 rings (SSSR count). The van der Waals surface area contributed by atoms with E-state index in [0.29, 0.717) is 0 Å². The highest BCUT2D eigenvalue weighted by atomic mass is 16.5. The van der Waals surface area contributed by atoms with E-state index in [4.69, 9.17) is 9.15 Å². The minimum Gasteiger partial charge on any atom is -0.469 e. The number of furan rings is 1. The Morgan fingerprint density at radius 2 is 2.10 bits per heavy atom. The predicted octanol–water partition coefficient (Wildman–Crippen LogP) is 3.12. The van der Waals surface area contributed by atoms with E-state index in [2.05, 4.69) is 5.32 Å². The van der Waals surface area contributed by atoms with Gasteiger partial charge in [-0.2, -0.15) is 0 Å². The van der Waals surface area contributed by atoms with Crippen LogP contribution < -0.4 is 5.32 Å². The Labute approximate surface area is 119 Å². The van der Waals surface area contributed by atoms with Gasteiger partial charge < -0.3 is 14.5 Å². The second-order valence-electron chi connectivity index (χ2n) is 5.88. The number of carbonyl (C=O) groups excluding carboxylic acids is 1.